The minimum atomic E-state index is -0.195. The molecule has 1 aliphatic rings. The van der Waals surface area contributed by atoms with Crippen LogP contribution in [0.2, 0.25) is 0 Å². The van der Waals surface area contributed by atoms with Gasteiger partial charge in [-0.3, -0.25) is 0 Å². The van der Waals surface area contributed by atoms with Crippen LogP contribution in [0.5, 0.6) is 0 Å². The van der Waals surface area contributed by atoms with E-state index in [0.29, 0.717) is 5.92 Å². The van der Waals surface area contributed by atoms with Crippen molar-refractivity contribution in [2.24, 2.45) is 5.92 Å². The lowest BCUT2D eigenvalue weighted by Crippen LogP contribution is -2.26. The van der Waals surface area contributed by atoms with Gasteiger partial charge in [-0.2, -0.15) is 0 Å². The van der Waals surface area contributed by atoms with E-state index in [0.717, 1.165) is 6.42 Å². The Morgan fingerprint density at radius 3 is 2.58 bits per heavy atom. The van der Waals surface area contributed by atoms with E-state index in [2.05, 4.69) is 27.4 Å². The van der Waals surface area contributed by atoms with Crippen LogP contribution in [-0.2, 0) is 9.47 Å². The highest BCUT2D eigenvalue weighted by Gasteiger charge is 2.34. The fraction of sp³-hybridized carbons (Fsp3) is 0.800. The van der Waals surface area contributed by atoms with E-state index < -0.39 is 0 Å². The van der Waals surface area contributed by atoms with Crippen LogP contribution in [0.3, 0.4) is 0 Å². The summed E-state index contributed by atoms with van der Waals surface area (Å²) in [5.41, 5.74) is 0. The molecule has 0 bridgehead atoms. The molecule has 4 atom stereocenters. The summed E-state index contributed by atoms with van der Waals surface area (Å²) in [6, 6.07) is 0. The Balaban J connectivity index is 2.50. The third-order valence-electron chi connectivity index (χ3n) is 2.50. The normalized spacial score (nSPS) is 38.1. The summed E-state index contributed by atoms with van der Waals surface area (Å²) in [6.45, 7) is 10.1. The van der Waals surface area contributed by atoms with Crippen LogP contribution in [0.25, 0.3) is 0 Å². The molecule has 0 amide bonds. The maximum Gasteiger partial charge on any atom is 0.177 e. The summed E-state index contributed by atoms with van der Waals surface area (Å²) < 4.78 is 11.1. The van der Waals surface area contributed by atoms with E-state index >= 15 is 0 Å². The Morgan fingerprint density at radius 1 is 1.50 bits per heavy atom. The van der Waals surface area contributed by atoms with Crippen molar-refractivity contribution < 1.29 is 9.47 Å². The molecule has 0 saturated carbocycles. The summed E-state index contributed by atoms with van der Waals surface area (Å²) in [5, 5.41) is 0. The smallest absolute Gasteiger partial charge is 0.177 e. The number of ether oxygens (including phenoxy) is 2. The van der Waals surface area contributed by atoms with Crippen molar-refractivity contribution in [3.63, 3.8) is 0 Å². The molecule has 1 rings (SSSR count). The van der Waals surface area contributed by atoms with Gasteiger partial charge in [-0.1, -0.05) is 26.8 Å². The van der Waals surface area contributed by atoms with Gasteiger partial charge < -0.3 is 9.47 Å². The molecule has 2 nitrogen and oxygen atoms in total. The molecule has 2 heteroatoms. The summed E-state index contributed by atoms with van der Waals surface area (Å²) in [5.74, 6) is 0.560. The molecular formula is C10H18O2. The fourth-order valence-corrected chi connectivity index (χ4v) is 1.53. The van der Waals surface area contributed by atoms with Gasteiger partial charge in [-0.05, 0) is 18.9 Å². The SMILES string of the molecule is C=CC1O[C@@H]([C@H](C)CC)[C@@H](C)O1. The first-order valence-corrected chi connectivity index (χ1v) is 4.62. The minimum Gasteiger partial charge on any atom is -0.343 e. The Labute approximate surface area is 74.6 Å². The Bertz CT molecular complexity index is 156. The van der Waals surface area contributed by atoms with Crippen molar-refractivity contribution in [1.82, 2.24) is 0 Å². The predicted octanol–water partition coefficient (Wildman–Crippen LogP) is 2.35. The maximum atomic E-state index is 5.64. The van der Waals surface area contributed by atoms with Crippen LogP contribution in [-0.4, -0.2) is 18.5 Å². The van der Waals surface area contributed by atoms with Gasteiger partial charge >= 0.3 is 0 Å². The van der Waals surface area contributed by atoms with Gasteiger partial charge in [-0.15, -0.1) is 0 Å². The second-order valence-corrected chi connectivity index (χ2v) is 3.43. The van der Waals surface area contributed by atoms with Crippen molar-refractivity contribution in [2.45, 2.75) is 45.7 Å². The van der Waals surface area contributed by atoms with E-state index in [1.165, 1.54) is 0 Å². The Morgan fingerprint density at radius 2 is 2.17 bits per heavy atom. The number of hydrogen-bond donors (Lipinski definition) is 0. The van der Waals surface area contributed by atoms with E-state index in [4.69, 9.17) is 9.47 Å². The second-order valence-electron chi connectivity index (χ2n) is 3.43. The average molecular weight is 170 g/mol. The fourth-order valence-electron chi connectivity index (χ4n) is 1.53. The van der Waals surface area contributed by atoms with Gasteiger partial charge in [-0.25, -0.2) is 0 Å². The molecule has 1 aliphatic heterocycles. The van der Waals surface area contributed by atoms with Gasteiger partial charge in [0.15, 0.2) is 6.29 Å². The molecule has 0 aromatic rings. The lowest BCUT2D eigenvalue weighted by molar-refractivity contribution is -0.0335. The summed E-state index contributed by atoms with van der Waals surface area (Å²) in [7, 11) is 0. The van der Waals surface area contributed by atoms with Gasteiger partial charge in [0.25, 0.3) is 0 Å². The van der Waals surface area contributed by atoms with E-state index in [9.17, 15) is 0 Å². The molecular weight excluding hydrogens is 152 g/mol. The largest absolute Gasteiger partial charge is 0.343 e. The second kappa shape index (κ2) is 4.06. The predicted molar refractivity (Wildman–Crippen MR) is 48.9 cm³/mol. The van der Waals surface area contributed by atoms with Gasteiger partial charge in [0.2, 0.25) is 0 Å². The molecule has 1 heterocycles. The molecule has 0 aliphatic carbocycles. The van der Waals surface area contributed by atoms with Crippen molar-refractivity contribution in [3.05, 3.63) is 12.7 Å². The summed E-state index contributed by atoms with van der Waals surface area (Å²) >= 11 is 0. The standard InChI is InChI=1S/C10H18O2/c1-5-7(3)10-8(4)11-9(6-2)12-10/h6-10H,2,5H2,1,3-4H3/t7-,8-,9?,10+/m1/s1. The van der Waals surface area contributed by atoms with Gasteiger partial charge in [0.05, 0.1) is 12.2 Å². The van der Waals surface area contributed by atoms with Gasteiger partial charge in [0, 0.05) is 0 Å². The van der Waals surface area contributed by atoms with E-state index in [-0.39, 0.29) is 18.5 Å². The monoisotopic (exact) mass is 170 g/mol. The quantitative estimate of drug-likeness (QED) is 0.605. The highest BCUT2D eigenvalue weighted by atomic mass is 16.7. The molecule has 70 valence electrons. The highest BCUT2D eigenvalue weighted by Crippen LogP contribution is 2.26. The van der Waals surface area contributed by atoms with Crippen LogP contribution in [0.4, 0.5) is 0 Å². The van der Waals surface area contributed by atoms with Gasteiger partial charge in [0.1, 0.15) is 0 Å². The van der Waals surface area contributed by atoms with Crippen molar-refractivity contribution >= 4 is 0 Å². The molecule has 1 unspecified atom stereocenters. The maximum absolute atomic E-state index is 5.64. The molecule has 0 radical (unpaired) electrons. The first kappa shape index (κ1) is 9.75. The number of rotatable bonds is 3. The Hall–Kier alpha value is -0.340. The van der Waals surface area contributed by atoms with E-state index in [1.807, 2.05) is 0 Å². The zero-order chi connectivity index (χ0) is 9.14. The first-order chi connectivity index (χ1) is 5.69. The molecule has 0 N–H and O–H groups in total. The molecule has 0 aromatic carbocycles. The van der Waals surface area contributed by atoms with Crippen LogP contribution >= 0.6 is 0 Å². The zero-order valence-electron chi connectivity index (χ0n) is 8.12. The third-order valence-corrected chi connectivity index (χ3v) is 2.50. The minimum absolute atomic E-state index is 0.195. The van der Waals surface area contributed by atoms with Crippen molar-refractivity contribution in [1.29, 1.82) is 0 Å². The Kier molecular flexibility index (Phi) is 3.29. The number of hydrogen-bond acceptors (Lipinski definition) is 2. The zero-order valence-corrected chi connectivity index (χ0v) is 8.12. The third kappa shape index (κ3) is 1.87. The lowest BCUT2D eigenvalue weighted by atomic mass is 9.98. The van der Waals surface area contributed by atoms with E-state index in [1.54, 1.807) is 6.08 Å². The molecule has 1 saturated heterocycles. The summed E-state index contributed by atoms with van der Waals surface area (Å²) in [4.78, 5) is 0. The van der Waals surface area contributed by atoms with Crippen LogP contribution in [0.1, 0.15) is 27.2 Å². The van der Waals surface area contributed by atoms with Crippen LogP contribution < -0.4 is 0 Å². The highest BCUT2D eigenvalue weighted by molar-refractivity contribution is 4.84. The van der Waals surface area contributed by atoms with Crippen molar-refractivity contribution in [3.8, 4) is 0 Å². The first-order valence-electron chi connectivity index (χ1n) is 4.62. The van der Waals surface area contributed by atoms with Crippen molar-refractivity contribution in [2.75, 3.05) is 0 Å². The molecule has 12 heavy (non-hydrogen) atoms. The molecule has 1 fully saturated rings. The molecule has 0 spiro atoms. The summed E-state index contributed by atoms with van der Waals surface area (Å²) in [6.07, 6.45) is 3.07. The van der Waals surface area contributed by atoms with Crippen LogP contribution in [0, 0.1) is 5.92 Å². The van der Waals surface area contributed by atoms with Crippen LogP contribution in [0.15, 0.2) is 12.7 Å². The lowest BCUT2D eigenvalue weighted by Gasteiger charge is -2.18. The topological polar surface area (TPSA) is 18.5 Å². The molecule has 0 aromatic heterocycles. The average Bonchev–Trinajstić information content (AvgIpc) is 2.45.